The molecule has 58 heavy (non-hydrogen) atoms. The number of nitrogens with zero attached hydrogens (tertiary/aromatic N) is 3. The van der Waals surface area contributed by atoms with Gasteiger partial charge in [0, 0.05) is 36.9 Å². The Hall–Kier alpha value is -7.27. The van der Waals surface area contributed by atoms with Crippen LogP contribution in [0.4, 0.5) is 0 Å². The first-order valence-corrected chi connectivity index (χ1v) is 20.5. The van der Waals surface area contributed by atoms with Gasteiger partial charge in [0.15, 0.2) is 17.5 Å². The normalized spacial score (nSPS) is 12.1. The zero-order valence-electron chi connectivity index (χ0n) is 31.4. The SMILES string of the molecule is c1ccc(-c2nc(-c3ccc(-c4cccc5sc6ccc(-c7cc8ccccc8c8ccccc78)cc6c45)cc3)nc(-c3ccc4c(c3)Cc3ccccc3-4)n2)cc1. The number of rotatable bonds is 5. The van der Waals surface area contributed by atoms with E-state index in [1.165, 1.54) is 80.7 Å². The summed E-state index contributed by atoms with van der Waals surface area (Å²) in [5.74, 6) is 2.00. The van der Waals surface area contributed by atoms with E-state index in [2.05, 4.69) is 170 Å². The summed E-state index contributed by atoms with van der Waals surface area (Å²) in [7, 11) is 0. The first kappa shape index (κ1) is 32.9. The van der Waals surface area contributed by atoms with Gasteiger partial charge in [-0.3, -0.25) is 0 Å². The molecule has 0 radical (unpaired) electrons. The van der Waals surface area contributed by atoms with Crippen molar-refractivity contribution in [1.82, 2.24) is 15.0 Å². The molecule has 0 N–H and O–H groups in total. The Balaban J connectivity index is 0.955. The van der Waals surface area contributed by atoms with E-state index in [9.17, 15) is 0 Å². The Morgan fingerprint density at radius 3 is 1.79 bits per heavy atom. The van der Waals surface area contributed by atoms with Crippen LogP contribution in [-0.4, -0.2) is 15.0 Å². The predicted octanol–water partition coefficient (Wildman–Crippen LogP) is 14.5. The third-order valence-corrected chi connectivity index (χ3v) is 12.9. The van der Waals surface area contributed by atoms with Crippen LogP contribution in [0.2, 0.25) is 0 Å². The fourth-order valence-electron chi connectivity index (χ4n) is 8.96. The van der Waals surface area contributed by atoms with E-state index in [-0.39, 0.29) is 0 Å². The van der Waals surface area contributed by atoms with Crippen LogP contribution in [0.25, 0.3) is 109 Å². The van der Waals surface area contributed by atoms with Crippen molar-refractivity contribution in [3.05, 3.63) is 199 Å². The molecule has 270 valence electrons. The van der Waals surface area contributed by atoms with Crippen LogP contribution >= 0.6 is 11.3 Å². The summed E-state index contributed by atoms with van der Waals surface area (Å²) in [6.07, 6.45) is 0.915. The van der Waals surface area contributed by atoms with Crippen LogP contribution in [0, 0.1) is 0 Å². The lowest BCUT2D eigenvalue weighted by Crippen LogP contribution is -2.00. The van der Waals surface area contributed by atoms with Crippen molar-refractivity contribution in [2.45, 2.75) is 6.42 Å². The van der Waals surface area contributed by atoms with Gasteiger partial charge in [-0.1, -0.05) is 158 Å². The van der Waals surface area contributed by atoms with Crippen molar-refractivity contribution in [3.63, 3.8) is 0 Å². The smallest absolute Gasteiger partial charge is 0.164 e. The average molecular weight is 756 g/mol. The Morgan fingerprint density at radius 2 is 0.948 bits per heavy atom. The maximum atomic E-state index is 5.12. The van der Waals surface area contributed by atoms with Gasteiger partial charge in [0.05, 0.1) is 0 Å². The number of thiophene rings is 1. The van der Waals surface area contributed by atoms with E-state index in [0.717, 1.165) is 28.7 Å². The minimum absolute atomic E-state index is 0.658. The van der Waals surface area contributed by atoms with Gasteiger partial charge in [-0.25, -0.2) is 15.0 Å². The Morgan fingerprint density at radius 1 is 0.328 bits per heavy atom. The summed E-state index contributed by atoms with van der Waals surface area (Å²) in [6, 6.07) is 67.7. The van der Waals surface area contributed by atoms with Crippen molar-refractivity contribution in [2.75, 3.05) is 0 Å². The van der Waals surface area contributed by atoms with Crippen LogP contribution < -0.4 is 0 Å². The van der Waals surface area contributed by atoms with E-state index in [1.54, 1.807) is 0 Å². The largest absolute Gasteiger partial charge is 0.208 e. The fraction of sp³-hybridized carbons (Fsp3) is 0.0185. The Bertz CT molecular complexity index is 3420. The van der Waals surface area contributed by atoms with Crippen molar-refractivity contribution in [3.8, 4) is 67.5 Å². The van der Waals surface area contributed by atoms with Crippen LogP contribution in [0.3, 0.4) is 0 Å². The van der Waals surface area contributed by atoms with Crippen molar-refractivity contribution < 1.29 is 0 Å². The highest BCUT2D eigenvalue weighted by atomic mass is 32.1. The molecule has 0 saturated carbocycles. The summed E-state index contributed by atoms with van der Waals surface area (Å²) in [5, 5.41) is 7.66. The highest BCUT2D eigenvalue weighted by Gasteiger charge is 2.20. The van der Waals surface area contributed by atoms with Gasteiger partial charge in [-0.15, -0.1) is 11.3 Å². The molecule has 1 aliphatic rings. The minimum atomic E-state index is 0.658. The van der Waals surface area contributed by atoms with Gasteiger partial charge < -0.3 is 0 Å². The molecule has 4 heteroatoms. The Labute approximate surface area is 339 Å². The zero-order valence-corrected chi connectivity index (χ0v) is 32.2. The Kier molecular flexibility index (Phi) is 7.47. The summed E-state index contributed by atoms with van der Waals surface area (Å²) in [4.78, 5) is 15.2. The van der Waals surface area contributed by atoms with Crippen molar-refractivity contribution in [2.24, 2.45) is 0 Å². The quantitative estimate of drug-likeness (QED) is 0.164. The number of fused-ring (bicyclic) bond motifs is 9. The molecular weight excluding hydrogens is 723 g/mol. The summed E-state index contributed by atoms with van der Waals surface area (Å²) in [5.41, 5.74) is 13.0. The van der Waals surface area contributed by atoms with E-state index in [4.69, 9.17) is 15.0 Å². The molecule has 0 aliphatic heterocycles. The third kappa shape index (κ3) is 5.37. The van der Waals surface area contributed by atoms with Crippen LogP contribution in [-0.2, 0) is 6.42 Å². The molecule has 3 nitrogen and oxygen atoms in total. The summed E-state index contributed by atoms with van der Waals surface area (Å²) in [6.45, 7) is 0. The molecule has 2 heterocycles. The van der Waals surface area contributed by atoms with E-state index < -0.39 is 0 Å². The standard InChI is InChI=1S/C54H33N3S/c1-2-11-34(12-3-1)52-55-53(57-54(56-52)39-25-27-43-40(30-39)29-36-13-4-6-15-41(36)43)35-23-21-33(22-24-35)44-19-10-20-50-51(44)48-32-38(26-28-49(48)58-50)47-31-37-14-5-7-16-42(37)45-17-8-9-18-46(45)47/h1-28,30-32H,29H2. The monoisotopic (exact) mass is 755 g/mol. The molecule has 0 bridgehead atoms. The van der Waals surface area contributed by atoms with Gasteiger partial charge in [0.1, 0.15) is 0 Å². The molecule has 0 unspecified atom stereocenters. The maximum absolute atomic E-state index is 5.12. The molecule has 0 amide bonds. The van der Waals surface area contributed by atoms with Crippen LogP contribution in [0.5, 0.6) is 0 Å². The van der Waals surface area contributed by atoms with Crippen molar-refractivity contribution in [1.29, 1.82) is 0 Å². The van der Waals surface area contributed by atoms with Gasteiger partial charge in [0.25, 0.3) is 0 Å². The lowest BCUT2D eigenvalue weighted by atomic mass is 9.92. The molecule has 0 saturated heterocycles. The first-order chi connectivity index (χ1) is 28.7. The maximum Gasteiger partial charge on any atom is 0.164 e. The van der Waals surface area contributed by atoms with E-state index in [0.29, 0.717) is 17.5 Å². The molecule has 2 aromatic heterocycles. The molecular formula is C54H33N3S. The van der Waals surface area contributed by atoms with Crippen LogP contribution in [0.15, 0.2) is 188 Å². The number of hydrogen-bond acceptors (Lipinski definition) is 4. The molecule has 0 fully saturated rings. The first-order valence-electron chi connectivity index (χ1n) is 19.7. The highest BCUT2D eigenvalue weighted by molar-refractivity contribution is 7.26. The lowest BCUT2D eigenvalue weighted by molar-refractivity contribution is 1.07. The van der Waals surface area contributed by atoms with Gasteiger partial charge >= 0.3 is 0 Å². The van der Waals surface area contributed by atoms with Crippen LogP contribution in [0.1, 0.15) is 11.1 Å². The lowest BCUT2D eigenvalue weighted by Gasteiger charge is -2.12. The number of hydrogen-bond donors (Lipinski definition) is 0. The van der Waals surface area contributed by atoms with Gasteiger partial charge in [-0.05, 0) is 103 Å². The summed E-state index contributed by atoms with van der Waals surface area (Å²) >= 11 is 1.86. The van der Waals surface area contributed by atoms with E-state index >= 15 is 0 Å². The number of benzene rings is 9. The van der Waals surface area contributed by atoms with Gasteiger partial charge in [0.2, 0.25) is 0 Å². The molecule has 0 atom stereocenters. The molecule has 9 aromatic carbocycles. The second-order valence-corrected chi connectivity index (χ2v) is 16.2. The minimum Gasteiger partial charge on any atom is -0.208 e. The highest BCUT2D eigenvalue weighted by Crippen LogP contribution is 2.44. The molecule has 1 aliphatic carbocycles. The average Bonchev–Trinajstić information content (AvgIpc) is 3.87. The van der Waals surface area contributed by atoms with E-state index in [1.807, 2.05) is 29.5 Å². The summed E-state index contributed by atoms with van der Waals surface area (Å²) < 4.78 is 2.57. The second-order valence-electron chi connectivity index (χ2n) is 15.1. The third-order valence-electron chi connectivity index (χ3n) is 11.7. The van der Waals surface area contributed by atoms with Crippen molar-refractivity contribution >= 4 is 53.1 Å². The molecule has 12 rings (SSSR count). The molecule has 0 spiro atoms. The topological polar surface area (TPSA) is 38.7 Å². The fourth-order valence-corrected chi connectivity index (χ4v) is 10.1. The predicted molar refractivity (Wildman–Crippen MR) is 243 cm³/mol. The number of aromatic nitrogens is 3. The second kappa shape index (κ2) is 13.2. The van der Waals surface area contributed by atoms with Gasteiger partial charge in [-0.2, -0.15) is 0 Å². The zero-order chi connectivity index (χ0) is 38.2. The molecule has 11 aromatic rings.